The number of piperidine rings is 1. The van der Waals surface area contributed by atoms with Crippen molar-refractivity contribution in [1.29, 1.82) is 0 Å². The Labute approximate surface area is 130 Å². The van der Waals surface area contributed by atoms with Gasteiger partial charge in [-0.2, -0.15) is 0 Å². The van der Waals surface area contributed by atoms with Gasteiger partial charge < -0.3 is 10.0 Å². The highest BCUT2D eigenvalue weighted by Gasteiger charge is 2.34. The van der Waals surface area contributed by atoms with Crippen LogP contribution in [0.4, 0.5) is 4.39 Å². The highest BCUT2D eigenvalue weighted by Crippen LogP contribution is 2.23. The van der Waals surface area contributed by atoms with Crippen LogP contribution in [-0.4, -0.2) is 52.6 Å². The SMILES string of the molecule is O=C(C1CCCN1Cc1ccc(F)cc1)N1CCC(O)CC1. The Morgan fingerprint density at radius 2 is 1.82 bits per heavy atom. The van der Waals surface area contributed by atoms with E-state index >= 15 is 0 Å². The lowest BCUT2D eigenvalue weighted by atomic mass is 10.1. The third-order valence-electron chi connectivity index (χ3n) is 4.72. The first-order valence-corrected chi connectivity index (χ1v) is 8.09. The van der Waals surface area contributed by atoms with Gasteiger partial charge in [0.25, 0.3) is 0 Å². The lowest BCUT2D eigenvalue weighted by Crippen LogP contribution is -2.48. The van der Waals surface area contributed by atoms with Crippen LogP contribution in [0, 0.1) is 5.82 Å². The molecule has 1 atom stereocenters. The summed E-state index contributed by atoms with van der Waals surface area (Å²) in [5.74, 6) is -0.0452. The van der Waals surface area contributed by atoms with Crippen molar-refractivity contribution in [2.45, 2.75) is 44.4 Å². The molecule has 0 spiro atoms. The molecule has 1 amide bonds. The number of aliphatic hydroxyl groups excluding tert-OH is 1. The van der Waals surface area contributed by atoms with Crippen molar-refractivity contribution >= 4 is 5.91 Å². The molecule has 0 aromatic heterocycles. The number of likely N-dealkylation sites (tertiary alicyclic amines) is 2. The van der Waals surface area contributed by atoms with Gasteiger partial charge in [-0.15, -0.1) is 0 Å². The zero-order chi connectivity index (χ0) is 15.5. The van der Waals surface area contributed by atoms with E-state index in [4.69, 9.17) is 0 Å². The molecule has 4 nitrogen and oxygen atoms in total. The molecule has 2 aliphatic rings. The van der Waals surface area contributed by atoms with Gasteiger partial charge in [-0.25, -0.2) is 4.39 Å². The summed E-state index contributed by atoms with van der Waals surface area (Å²) in [5.41, 5.74) is 1.04. The lowest BCUT2D eigenvalue weighted by molar-refractivity contribution is -0.138. The molecular formula is C17H23FN2O2. The summed E-state index contributed by atoms with van der Waals surface area (Å²) in [5, 5.41) is 9.56. The highest BCUT2D eigenvalue weighted by molar-refractivity contribution is 5.82. The molecule has 0 bridgehead atoms. The van der Waals surface area contributed by atoms with E-state index in [9.17, 15) is 14.3 Å². The molecular weight excluding hydrogens is 283 g/mol. The summed E-state index contributed by atoms with van der Waals surface area (Å²) in [6.45, 7) is 2.90. The number of hydrogen-bond acceptors (Lipinski definition) is 3. The molecule has 120 valence electrons. The average molecular weight is 306 g/mol. The summed E-state index contributed by atoms with van der Waals surface area (Å²) in [6.07, 6.45) is 3.00. The Morgan fingerprint density at radius 1 is 1.14 bits per heavy atom. The molecule has 2 aliphatic heterocycles. The molecule has 0 radical (unpaired) electrons. The zero-order valence-electron chi connectivity index (χ0n) is 12.7. The van der Waals surface area contributed by atoms with Crippen molar-refractivity contribution < 1.29 is 14.3 Å². The summed E-state index contributed by atoms with van der Waals surface area (Å²) in [6, 6.07) is 6.43. The van der Waals surface area contributed by atoms with E-state index in [0.717, 1.165) is 24.9 Å². The van der Waals surface area contributed by atoms with Gasteiger partial charge in [0.05, 0.1) is 12.1 Å². The predicted molar refractivity (Wildman–Crippen MR) is 81.7 cm³/mol. The molecule has 1 aromatic rings. The molecule has 3 rings (SSSR count). The monoisotopic (exact) mass is 306 g/mol. The number of hydrogen-bond donors (Lipinski definition) is 1. The third-order valence-corrected chi connectivity index (χ3v) is 4.72. The van der Waals surface area contributed by atoms with E-state index in [0.29, 0.717) is 32.5 Å². The maximum Gasteiger partial charge on any atom is 0.239 e. The molecule has 2 heterocycles. The number of carbonyl (C=O) groups is 1. The standard InChI is InChI=1S/C17H23FN2O2/c18-14-5-3-13(4-6-14)12-20-9-1-2-16(20)17(22)19-10-7-15(21)8-11-19/h3-6,15-16,21H,1-2,7-12H2. The Hall–Kier alpha value is -1.46. The van der Waals surface area contributed by atoms with Crippen molar-refractivity contribution in [3.63, 3.8) is 0 Å². The van der Waals surface area contributed by atoms with Crippen LogP contribution in [0.15, 0.2) is 24.3 Å². The van der Waals surface area contributed by atoms with Gasteiger partial charge in [0.1, 0.15) is 5.82 Å². The van der Waals surface area contributed by atoms with Crippen LogP contribution in [0.3, 0.4) is 0 Å². The van der Waals surface area contributed by atoms with Gasteiger partial charge in [-0.1, -0.05) is 12.1 Å². The van der Waals surface area contributed by atoms with E-state index in [1.54, 1.807) is 12.1 Å². The second-order valence-electron chi connectivity index (χ2n) is 6.31. The minimum absolute atomic E-state index is 0.0692. The van der Waals surface area contributed by atoms with Crippen LogP contribution < -0.4 is 0 Å². The lowest BCUT2D eigenvalue weighted by Gasteiger charge is -2.34. The third kappa shape index (κ3) is 3.47. The van der Waals surface area contributed by atoms with Crippen molar-refractivity contribution in [3.8, 4) is 0 Å². The number of amides is 1. The van der Waals surface area contributed by atoms with Crippen LogP contribution in [0.2, 0.25) is 0 Å². The molecule has 1 aromatic carbocycles. The number of nitrogens with zero attached hydrogens (tertiary/aromatic N) is 2. The van der Waals surface area contributed by atoms with Crippen molar-refractivity contribution in [2.75, 3.05) is 19.6 Å². The minimum Gasteiger partial charge on any atom is -0.393 e. The van der Waals surface area contributed by atoms with E-state index in [1.807, 2.05) is 4.90 Å². The molecule has 1 unspecified atom stereocenters. The van der Waals surface area contributed by atoms with Crippen LogP contribution in [0.1, 0.15) is 31.2 Å². The van der Waals surface area contributed by atoms with Gasteiger partial charge in [-0.05, 0) is 49.9 Å². The number of carbonyl (C=O) groups excluding carboxylic acids is 1. The second kappa shape index (κ2) is 6.75. The van der Waals surface area contributed by atoms with Crippen molar-refractivity contribution in [2.24, 2.45) is 0 Å². The summed E-state index contributed by atoms with van der Waals surface area (Å²) >= 11 is 0. The van der Waals surface area contributed by atoms with Crippen molar-refractivity contribution in [3.05, 3.63) is 35.6 Å². The molecule has 2 saturated heterocycles. The Balaban J connectivity index is 1.62. The van der Waals surface area contributed by atoms with E-state index in [1.165, 1.54) is 12.1 Å². The van der Waals surface area contributed by atoms with Gasteiger partial charge in [0, 0.05) is 19.6 Å². The fourth-order valence-corrected chi connectivity index (χ4v) is 3.42. The van der Waals surface area contributed by atoms with Crippen molar-refractivity contribution in [1.82, 2.24) is 9.80 Å². The summed E-state index contributed by atoms with van der Waals surface area (Å²) in [7, 11) is 0. The number of aliphatic hydroxyl groups is 1. The van der Waals surface area contributed by atoms with Crippen LogP contribution in [0.25, 0.3) is 0 Å². The first-order valence-electron chi connectivity index (χ1n) is 8.09. The first-order chi connectivity index (χ1) is 10.6. The molecule has 2 fully saturated rings. The average Bonchev–Trinajstić information content (AvgIpc) is 2.98. The molecule has 1 N–H and O–H groups in total. The van der Waals surface area contributed by atoms with E-state index in [2.05, 4.69) is 4.90 Å². The smallest absolute Gasteiger partial charge is 0.239 e. The predicted octanol–water partition coefficient (Wildman–Crippen LogP) is 1.77. The number of benzene rings is 1. The van der Waals surface area contributed by atoms with Gasteiger partial charge >= 0.3 is 0 Å². The topological polar surface area (TPSA) is 43.8 Å². The Morgan fingerprint density at radius 3 is 2.50 bits per heavy atom. The highest BCUT2D eigenvalue weighted by atomic mass is 19.1. The molecule has 0 aliphatic carbocycles. The largest absolute Gasteiger partial charge is 0.393 e. The zero-order valence-corrected chi connectivity index (χ0v) is 12.7. The molecule has 5 heteroatoms. The number of rotatable bonds is 3. The van der Waals surface area contributed by atoms with Gasteiger partial charge in [0.2, 0.25) is 5.91 Å². The number of halogens is 1. The van der Waals surface area contributed by atoms with Gasteiger partial charge in [-0.3, -0.25) is 9.69 Å². The maximum atomic E-state index is 13.0. The maximum absolute atomic E-state index is 13.0. The summed E-state index contributed by atoms with van der Waals surface area (Å²) in [4.78, 5) is 16.8. The fourth-order valence-electron chi connectivity index (χ4n) is 3.42. The van der Waals surface area contributed by atoms with Crippen LogP contribution in [0.5, 0.6) is 0 Å². The summed E-state index contributed by atoms with van der Waals surface area (Å²) < 4.78 is 13.0. The molecule has 0 saturated carbocycles. The first kappa shape index (κ1) is 15.4. The normalized spacial score (nSPS) is 23.9. The fraction of sp³-hybridized carbons (Fsp3) is 0.588. The van der Waals surface area contributed by atoms with E-state index in [-0.39, 0.29) is 23.9 Å². The quantitative estimate of drug-likeness (QED) is 0.925. The van der Waals surface area contributed by atoms with Gasteiger partial charge in [0.15, 0.2) is 0 Å². The second-order valence-corrected chi connectivity index (χ2v) is 6.31. The minimum atomic E-state index is -0.261. The van der Waals surface area contributed by atoms with E-state index < -0.39 is 0 Å². The Kier molecular flexibility index (Phi) is 4.74. The Bertz CT molecular complexity index is 512. The van der Waals surface area contributed by atoms with Crippen LogP contribution in [-0.2, 0) is 11.3 Å². The molecule has 22 heavy (non-hydrogen) atoms. The van der Waals surface area contributed by atoms with Crippen LogP contribution >= 0.6 is 0 Å².